The van der Waals surface area contributed by atoms with Crippen molar-refractivity contribution >= 4 is 17.6 Å². The fourth-order valence-electron chi connectivity index (χ4n) is 3.09. The fourth-order valence-corrected chi connectivity index (χ4v) is 3.09. The molecule has 1 amide bonds. The number of carboxylic acids is 1. The zero-order chi connectivity index (χ0) is 18.4. The number of nitro groups is 1. The topological polar surface area (TPSA) is 110 Å². The summed E-state index contributed by atoms with van der Waals surface area (Å²) in [5.74, 6) is -1.07. The Labute approximate surface area is 145 Å². The first-order chi connectivity index (χ1) is 11.9. The van der Waals surface area contributed by atoms with Crippen molar-refractivity contribution in [3.8, 4) is 5.75 Å². The van der Waals surface area contributed by atoms with Crippen LogP contribution < -0.4 is 4.74 Å². The number of likely N-dealkylation sites (tertiary alicyclic amines) is 1. The second kappa shape index (κ2) is 8.46. The summed E-state index contributed by atoms with van der Waals surface area (Å²) < 4.78 is 5.23. The van der Waals surface area contributed by atoms with E-state index in [9.17, 15) is 19.7 Å². The van der Waals surface area contributed by atoms with Crippen LogP contribution in [0.2, 0.25) is 0 Å². The van der Waals surface area contributed by atoms with Crippen molar-refractivity contribution in [1.29, 1.82) is 0 Å². The molecule has 8 heteroatoms. The number of carboxylic acid groups (broad SMARTS) is 1. The number of hydrogen-bond acceptors (Lipinski definition) is 5. The van der Waals surface area contributed by atoms with E-state index in [-0.39, 0.29) is 42.0 Å². The molecule has 1 fully saturated rings. The highest BCUT2D eigenvalue weighted by molar-refractivity contribution is 5.95. The minimum absolute atomic E-state index is 0.00211. The molecule has 2 rings (SSSR count). The summed E-state index contributed by atoms with van der Waals surface area (Å²) in [7, 11) is 0. The van der Waals surface area contributed by atoms with Gasteiger partial charge in [0.25, 0.3) is 5.91 Å². The second-order valence-electron chi connectivity index (χ2n) is 5.95. The number of benzene rings is 1. The van der Waals surface area contributed by atoms with Crippen molar-refractivity contribution in [3.63, 3.8) is 0 Å². The lowest BCUT2D eigenvalue weighted by Gasteiger charge is -2.35. The Morgan fingerprint density at radius 3 is 2.80 bits per heavy atom. The van der Waals surface area contributed by atoms with Crippen molar-refractivity contribution in [1.82, 2.24) is 4.90 Å². The first-order valence-corrected chi connectivity index (χ1v) is 8.38. The quantitative estimate of drug-likeness (QED) is 0.598. The van der Waals surface area contributed by atoms with Crippen LogP contribution in [-0.2, 0) is 4.79 Å². The maximum absolute atomic E-state index is 12.8. The second-order valence-corrected chi connectivity index (χ2v) is 5.95. The lowest BCUT2D eigenvalue weighted by Crippen LogP contribution is -2.44. The molecule has 136 valence electrons. The smallest absolute Gasteiger partial charge is 0.311 e. The van der Waals surface area contributed by atoms with Crippen LogP contribution in [0.15, 0.2) is 18.2 Å². The lowest BCUT2D eigenvalue weighted by molar-refractivity contribution is -0.385. The number of amides is 1. The molecule has 0 aromatic heterocycles. The van der Waals surface area contributed by atoms with Crippen LogP contribution in [0, 0.1) is 10.1 Å². The number of hydrogen-bond donors (Lipinski definition) is 1. The molecule has 0 spiro atoms. The largest absolute Gasteiger partial charge is 0.487 e. The number of rotatable bonds is 7. The van der Waals surface area contributed by atoms with Crippen molar-refractivity contribution in [2.75, 3.05) is 13.2 Å². The molecule has 1 unspecified atom stereocenters. The van der Waals surface area contributed by atoms with Gasteiger partial charge < -0.3 is 14.7 Å². The van der Waals surface area contributed by atoms with E-state index in [2.05, 4.69) is 0 Å². The Morgan fingerprint density at radius 1 is 1.40 bits per heavy atom. The fraction of sp³-hybridized carbons (Fsp3) is 0.529. The van der Waals surface area contributed by atoms with Crippen LogP contribution in [0.5, 0.6) is 5.75 Å². The average molecular weight is 350 g/mol. The molecular formula is C17H22N2O6. The van der Waals surface area contributed by atoms with Gasteiger partial charge in [-0.15, -0.1) is 0 Å². The van der Waals surface area contributed by atoms with E-state index in [4.69, 9.17) is 9.84 Å². The normalized spacial score (nSPS) is 17.2. The third-order valence-electron chi connectivity index (χ3n) is 4.28. The third kappa shape index (κ3) is 4.68. The van der Waals surface area contributed by atoms with Gasteiger partial charge in [-0.05, 0) is 44.7 Å². The summed E-state index contributed by atoms with van der Waals surface area (Å²) >= 11 is 0. The van der Waals surface area contributed by atoms with Crippen LogP contribution in [0.25, 0.3) is 0 Å². The van der Waals surface area contributed by atoms with Gasteiger partial charge >= 0.3 is 11.7 Å². The Kier molecular flexibility index (Phi) is 6.32. The molecule has 1 aromatic rings. The molecule has 0 saturated carbocycles. The molecule has 1 aliphatic heterocycles. The predicted octanol–water partition coefficient (Wildman–Crippen LogP) is 2.85. The molecule has 8 nitrogen and oxygen atoms in total. The monoisotopic (exact) mass is 350 g/mol. The maximum atomic E-state index is 12.8. The SMILES string of the molecule is CCOc1ccc(C(=O)N2CCCCC2CCC(=O)O)cc1[N+](=O)[O-]. The zero-order valence-corrected chi connectivity index (χ0v) is 14.1. The number of carbonyl (C=O) groups excluding carboxylic acids is 1. The number of carbonyl (C=O) groups is 2. The Hall–Kier alpha value is -2.64. The van der Waals surface area contributed by atoms with Crippen molar-refractivity contribution < 1.29 is 24.4 Å². The first kappa shape index (κ1) is 18.7. The summed E-state index contributed by atoms with van der Waals surface area (Å²) in [5.41, 5.74) is -0.0239. The Morgan fingerprint density at radius 2 is 2.16 bits per heavy atom. The molecule has 1 N–H and O–H groups in total. The standard InChI is InChI=1S/C17H22N2O6/c1-2-25-15-8-6-12(11-14(15)19(23)24)17(22)18-10-4-3-5-13(18)7-9-16(20)21/h6,8,11,13H,2-5,7,9-10H2,1H3,(H,20,21). The van der Waals surface area contributed by atoms with E-state index in [1.165, 1.54) is 18.2 Å². The average Bonchev–Trinajstić information content (AvgIpc) is 2.60. The molecule has 1 aliphatic rings. The van der Waals surface area contributed by atoms with E-state index in [0.29, 0.717) is 13.0 Å². The summed E-state index contributed by atoms with van der Waals surface area (Å²) in [6.45, 7) is 2.55. The van der Waals surface area contributed by atoms with Crippen LogP contribution in [0.1, 0.15) is 49.4 Å². The molecule has 0 radical (unpaired) electrons. The third-order valence-corrected chi connectivity index (χ3v) is 4.28. The molecular weight excluding hydrogens is 328 g/mol. The lowest BCUT2D eigenvalue weighted by atomic mass is 9.97. The molecule has 1 saturated heterocycles. The predicted molar refractivity (Wildman–Crippen MR) is 89.8 cm³/mol. The number of ether oxygens (including phenoxy) is 1. The van der Waals surface area contributed by atoms with Crippen LogP contribution in [-0.4, -0.2) is 46.0 Å². The van der Waals surface area contributed by atoms with Crippen LogP contribution in [0.4, 0.5) is 5.69 Å². The van der Waals surface area contributed by atoms with Crippen molar-refractivity contribution in [3.05, 3.63) is 33.9 Å². The first-order valence-electron chi connectivity index (χ1n) is 8.38. The number of aliphatic carboxylic acids is 1. The highest BCUT2D eigenvalue weighted by Gasteiger charge is 2.29. The van der Waals surface area contributed by atoms with E-state index in [0.717, 1.165) is 19.3 Å². The minimum atomic E-state index is -0.894. The summed E-state index contributed by atoms with van der Waals surface area (Å²) in [5, 5.41) is 20.1. The number of piperidine rings is 1. The van der Waals surface area contributed by atoms with Gasteiger partial charge in [0.05, 0.1) is 11.5 Å². The Bertz CT molecular complexity index is 661. The van der Waals surface area contributed by atoms with Gasteiger partial charge in [-0.3, -0.25) is 19.7 Å². The Balaban J connectivity index is 2.23. The van der Waals surface area contributed by atoms with Gasteiger partial charge in [0, 0.05) is 30.6 Å². The molecule has 0 bridgehead atoms. The van der Waals surface area contributed by atoms with E-state index in [1.807, 2.05) is 0 Å². The van der Waals surface area contributed by atoms with Gasteiger partial charge in [-0.25, -0.2) is 0 Å². The molecule has 0 aliphatic carbocycles. The molecule has 25 heavy (non-hydrogen) atoms. The molecule has 1 heterocycles. The minimum Gasteiger partial charge on any atom is -0.487 e. The number of nitrogens with zero attached hydrogens (tertiary/aromatic N) is 2. The van der Waals surface area contributed by atoms with Crippen molar-refractivity contribution in [2.24, 2.45) is 0 Å². The van der Waals surface area contributed by atoms with Crippen molar-refractivity contribution in [2.45, 2.75) is 45.1 Å². The maximum Gasteiger partial charge on any atom is 0.311 e. The highest BCUT2D eigenvalue weighted by Crippen LogP contribution is 2.30. The van der Waals surface area contributed by atoms with Gasteiger partial charge in [0.2, 0.25) is 0 Å². The van der Waals surface area contributed by atoms with Gasteiger partial charge in [-0.1, -0.05) is 0 Å². The zero-order valence-electron chi connectivity index (χ0n) is 14.1. The summed E-state index contributed by atoms with van der Waals surface area (Å²) in [6.07, 6.45) is 2.92. The van der Waals surface area contributed by atoms with Crippen LogP contribution >= 0.6 is 0 Å². The van der Waals surface area contributed by atoms with Gasteiger partial charge in [0.1, 0.15) is 0 Å². The highest BCUT2D eigenvalue weighted by atomic mass is 16.6. The van der Waals surface area contributed by atoms with E-state index in [1.54, 1.807) is 11.8 Å². The van der Waals surface area contributed by atoms with E-state index < -0.39 is 10.9 Å². The van der Waals surface area contributed by atoms with Gasteiger partial charge in [0.15, 0.2) is 5.75 Å². The van der Waals surface area contributed by atoms with Crippen LogP contribution in [0.3, 0.4) is 0 Å². The van der Waals surface area contributed by atoms with E-state index >= 15 is 0 Å². The van der Waals surface area contributed by atoms with Gasteiger partial charge in [-0.2, -0.15) is 0 Å². The molecule has 1 atom stereocenters. The molecule has 1 aromatic carbocycles. The summed E-state index contributed by atoms with van der Waals surface area (Å²) in [6, 6.07) is 4.03. The number of nitro benzene ring substituents is 1. The summed E-state index contributed by atoms with van der Waals surface area (Å²) in [4.78, 5) is 35.9.